The van der Waals surface area contributed by atoms with Crippen LogP contribution in [0.15, 0.2) is 18.6 Å². The molecule has 0 saturated heterocycles. The van der Waals surface area contributed by atoms with E-state index in [-0.39, 0.29) is 11.1 Å². The van der Waals surface area contributed by atoms with Gasteiger partial charge in [-0.1, -0.05) is 23.2 Å². The summed E-state index contributed by atoms with van der Waals surface area (Å²) >= 11 is 11.8. The summed E-state index contributed by atoms with van der Waals surface area (Å²) in [7, 11) is 0. The highest BCUT2D eigenvalue weighted by Crippen LogP contribution is 2.21. The number of rotatable bonds is 1. The lowest BCUT2D eigenvalue weighted by Crippen LogP contribution is -2.38. The maximum Gasteiger partial charge on any atom is 0.256 e. The van der Waals surface area contributed by atoms with Gasteiger partial charge >= 0.3 is 0 Å². The molecule has 2 aromatic heterocycles. The van der Waals surface area contributed by atoms with Crippen LogP contribution in [-0.2, 0) is 13.1 Å². The van der Waals surface area contributed by atoms with Crippen molar-refractivity contribution in [1.29, 1.82) is 0 Å². The fraction of sp³-hybridized carbons (Fsp3) is 0.273. The molecule has 0 atom stereocenters. The lowest BCUT2D eigenvalue weighted by molar-refractivity contribution is 0.0707. The number of carbonyl (C=O) groups excluding carboxylic acids is 1. The van der Waals surface area contributed by atoms with Crippen LogP contribution in [-0.4, -0.2) is 37.1 Å². The Kier molecular flexibility index (Phi) is 3.12. The fourth-order valence-electron chi connectivity index (χ4n) is 1.99. The number of aromatic nitrogens is 4. The van der Waals surface area contributed by atoms with Crippen molar-refractivity contribution >= 4 is 29.1 Å². The summed E-state index contributed by atoms with van der Waals surface area (Å²) in [5, 5.41) is 8.33. The number of nitrogens with zero attached hydrogens (tertiary/aromatic N) is 5. The summed E-state index contributed by atoms with van der Waals surface area (Å²) in [6.07, 6.45) is 3.04. The molecule has 3 rings (SSSR count). The van der Waals surface area contributed by atoms with E-state index in [9.17, 15) is 4.79 Å². The fourth-order valence-corrected chi connectivity index (χ4v) is 2.33. The molecule has 1 aliphatic rings. The molecule has 0 aliphatic carbocycles. The van der Waals surface area contributed by atoms with Gasteiger partial charge in [-0.3, -0.25) is 4.79 Å². The molecule has 0 aromatic carbocycles. The van der Waals surface area contributed by atoms with Crippen LogP contribution in [0.5, 0.6) is 0 Å². The van der Waals surface area contributed by atoms with Gasteiger partial charge in [0, 0.05) is 19.3 Å². The van der Waals surface area contributed by atoms with Gasteiger partial charge in [-0.25, -0.2) is 4.98 Å². The molecule has 0 N–H and O–H groups in total. The second kappa shape index (κ2) is 4.79. The summed E-state index contributed by atoms with van der Waals surface area (Å²) in [6, 6.07) is 1.48. The third-order valence-electron chi connectivity index (χ3n) is 2.98. The van der Waals surface area contributed by atoms with Crippen molar-refractivity contribution in [2.45, 2.75) is 13.1 Å². The van der Waals surface area contributed by atoms with Crippen LogP contribution in [0.2, 0.25) is 10.2 Å². The zero-order valence-corrected chi connectivity index (χ0v) is 11.3. The largest absolute Gasteiger partial charge is 0.329 e. The Labute approximate surface area is 119 Å². The third-order valence-corrected chi connectivity index (χ3v) is 3.49. The number of amides is 1. The molecule has 0 radical (unpaired) electrons. The smallest absolute Gasteiger partial charge is 0.256 e. The van der Waals surface area contributed by atoms with E-state index in [4.69, 9.17) is 23.2 Å². The molecule has 0 bridgehead atoms. The van der Waals surface area contributed by atoms with Crippen LogP contribution >= 0.6 is 23.2 Å². The first kappa shape index (κ1) is 12.4. The van der Waals surface area contributed by atoms with Gasteiger partial charge in [-0.15, -0.1) is 10.2 Å². The summed E-state index contributed by atoms with van der Waals surface area (Å²) in [6.45, 7) is 1.67. The van der Waals surface area contributed by atoms with Crippen LogP contribution in [0.4, 0.5) is 0 Å². The first-order chi connectivity index (χ1) is 9.15. The molecule has 1 amide bonds. The van der Waals surface area contributed by atoms with Gasteiger partial charge in [0.2, 0.25) is 0 Å². The first-order valence-electron chi connectivity index (χ1n) is 5.62. The molecule has 6 nitrogen and oxygen atoms in total. The molecular weight excluding hydrogens is 289 g/mol. The third kappa shape index (κ3) is 2.29. The van der Waals surface area contributed by atoms with Crippen molar-refractivity contribution < 1.29 is 4.79 Å². The first-order valence-corrected chi connectivity index (χ1v) is 6.38. The highest BCUT2D eigenvalue weighted by atomic mass is 35.5. The van der Waals surface area contributed by atoms with Gasteiger partial charge < -0.3 is 9.47 Å². The van der Waals surface area contributed by atoms with Gasteiger partial charge in [0.15, 0.2) is 5.82 Å². The number of hydrogen-bond acceptors (Lipinski definition) is 4. The van der Waals surface area contributed by atoms with Gasteiger partial charge in [-0.2, -0.15) is 0 Å². The zero-order valence-electron chi connectivity index (χ0n) is 9.75. The molecule has 0 unspecified atom stereocenters. The predicted octanol–water partition coefficient (Wildman–Crippen LogP) is 1.64. The van der Waals surface area contributed by atoms with Crippen molar-refractivity contribution in [1.82, 2.24) is 24.6 Å². The number of fused-ring (bicyclic) bond motifs is 1. The van der Waals surface area contributed by atoms with Crippen molar-refractivity contribution in [2.24, 2.45) is 0 Å². The minimum absolute atomic E-state index is 0.177. The summed E-state index contributed by atoms with van der Waals surface area (Å²) in [4.78, 5) is 17.9. The van der Waals surface area contributed by atoms with E-state index >= 15 is 0 Å². The van der Waals surface area contributed by atoms with E-state index < -0.39 is 0 Å². The Hall–Kier alpha value is -1.66. The summed E-state index contributed by atoms with van der Waals surface area (Å²) in [5.41, 5.74) is 0.356. The Morgan fingerprint density at radius 2 is 2.16 bits per heavy atom. The molecule has 0 fully saturated rings. The van der Waals surface area contributed by atoms with E-state index in [0.717, 1.165) is 5.82 Å². The van der Waals surface area contributed by atoms with E-state index in [2.05, 4.69) is 15.2 Å². The van der Waals surface area contributed by atoms with Crippen molar-refractivity contribution in [3.8, 4) is 0 Å². The standard InChI is InChI=1S/C11H9Cl2N5O/c12-8-4-14-9(13)3-7(8)11(19)17-1-2-18-6-15-16-10(18)5-17/h3-4,6H,1-2,5H2. The predicted molar refractivity (Wildman–Crippen MR) is 69.0 cm³/mol. The molecule has 98 valence electrons. The van der Waals surface area contributed by atoms with E-state index in [1.54, 1.807) is 11.2 Å². The lowest BCUT2D eigenvalue weighted by atomic mass is 10.2. The van der Waals surface area contributed by atoms with E-state index in [1.807, 2.05) is 4.57 Å². The monoisotopic (exact) mass is 297 g/mol. The normalized spacial score (nSPS) is 14.3. The molecule has 0 saturated carbocycles. The average molecular weight is 298 g/mol. The molecule has 19 heavy (non-hydrogen) atoms. The van der Waals surface area contributed by atoms with Crippen LogP contribution in [0.1, 0.15) is 16.2 Å². The van der Waals surface area contributed by atoms with Crippen LogP contribution < -0.4 is 0 Å². The summed E-state index contributed by atoms with van der Waals surface area (Å²) < 4.78 is 1.92. The Bertz CT molecular complexity index is 642. The van der Waals surface area contributed by atoms with Gasteiger partial charge in [0.25, 0.3) is 5.91 Å². The molecule has 0 spiro atoms. The SMILES string of the molecule is O=C(c1cc(Cl)ncc1Cl)N1CCn2cnnc2C1. The number of pyridine rings is 1. The summed E-state index contributed by atoms with van der Waals surface area (Å²) in [5.74, 6) is 0.583. The molecule has 3 heterocycles. The van der Waals surface area contributed by atoms with Crippen LogP contribution in [0.25, 0.3) is 0 Å². The van der Waals surface area contributed by atoms with Crippen molar-refractivity contribution in [3.63, 3.8) is 0 Å². The number of carbonyl (C=O) groups is 1. The van der Waals surface area contributed by atoms with Crippen LogP contribution in [0, 0.1) is 0 Å². The molecule has 2 aromatic rings. The Morgan fingerprint density at radius 1 is 1.32 bits per heavy atom. The number of halogens is 2. The van der Waals surface area contributed by atoms with E-state index in [0.29, 0.717) is 30.2 Å². The topological polar surface area (TPSA) is 63.9 Å². The highest BCUT2D eigenvalue weighted by molar-refractivity contribution is 6.35. The minimum Gasteiger partial charge on any atom is -0.329 e. The quantitative estimate of drug-likeness (QED) is 0.751. The second-order valence-electron chi connectivity index (χ2n) is 4.15. The van der Waals surface area contributed by atoms with Crippen molar-refractivity contribution in [3.05, 3.63) is 40.2 Å². The molecule has 1 aliphatic heterocycles. The lowest BCUT2D eigenvalue weighted by Gasteiger charge is -2.27. The Balaban J connectivity index is 1.87. The maximum absolute atomic E-state index is 12.4. The van der Waals surface area contributed by atoms with Gasteiger partial charge in [0.05, 0.1) is 17.1 Å². The average Bonchev–Trinajstić information content (AvgIpc) is 2.88. The van der Waals surface area contributed by atoms with Crippen LogP contribution in [0.3, 0.4) is 0 Å². The minimum atomic E-state index is -0.177. The van der Waals surface area contributed by atoms with Gasteiger partial charge in [0.1, 0.15) is 11.5 Å². The van der Waals surface area contributed by atoms with Gasteiger partial charge in [-0.05, 0) is 6.07 Å². The van der Waals surface area contributed by atoms with E-state index in [1.165, 1.54) is 12.3 Å². The number of hydrogen-bond donors (Lipinski definition) is 0. The highest BCUT2D eigenvalue weighted by Gasteiger charge is 2.24. The maximum atomic E-state index is 12.4. The second-order valence-corrected chi connectivity index (χ2v) is 4.95. The molecular formula is C11H9Cl2N5O. The Morgan fingerprint density at radius 3 is 3.00 bits per heavy atom. The van der Waals surface area contributed by atoms with Crippen molar-refractivity contribution in [2.75, 3.05) is 6.54 Å². The molecule has 8 heteroatoms. The zero-order chi connectivity index (χ0) is 13.4.